The van der Waals surface area contributed by atoms with Crippen molar-refractivity contribution in [2.45, 2.75) is 37.6 Å². The van der Waals surface area contributed by atoms with Gasteiger partial charge in [0, 0.05) is 17.8 Å². The normalized spacial score (nSPS) is 21.3. The van der Waals surface area contributed by atoms with Crippen molar-refractivity contribution in [1.82, 2.24) is 4.90 Å². The van der Waals surface area contributed by atoms with Gasteiger partial charge >= 0.3 is 6.03 Å². The van der Waals surface area contributed by atoms with Gasteiger partial charge in [0.05, 0.1) is 0 Å². The minimum absolute atomic E-state index is 0.0772. The molecule has 1 aliphatic heterocycles. The van der Waals surface area contributed by atoms with Crippen LogP contribution in [0.15, 0.2) is 30.3 Å². The Kier molecular flexibility index (Phi) is 2.54. The SMILES string of the molecule is O=C(Nc1ccccc1)N1CCCCC12CC2. The molecule has 0 aromatic heterocycles. The fourth-order valence-corrected chi connectivity index (χ4v) is 2.79. The molecule has 0 radical (unpaired) electrons. The highest BCUT2D eigenvalue weighted by atomic mass is 16.2. The first kappa shape index (κ1) is 10.6. The van der Waals surface area contributed by atoms with Gasteiger partial charge in [-0.25, -0.2) is 4.79 Å². The van der Waals surface area contributed by atoms with Crippen LogP contribution in [-0.2, 0) is 0 Å². The number of hydrogen-bond acceptors (Lipinski definition) is 1. The smallest absolute Gasteiger partial charge is 0.319 e. The molecular weight excluding hydrogens is 212 g/mol. The highest BCUT2D eigenvalue weighted by Crippen LogP contribution is 2.48. The second kappa shape index (κ2) is 4.06. The Morgan fingerprint density at radius 3 is 2.59 bits per heavy atom. The van der Waals surface area contributed by atoms with E-state index in [1.54, 1.807) is 0 Å². The second-order valence-electron chi connectivity index (χ2n) is 5.13. The van der Waals surface area contributed by atoms with E-state index in [-0.39, 0.29) is 11.6 Å². The molecule has 3 rings (SSSR count). The fraction of sp³-hybridized carbons (Fsp3) is 0.500. The summed E-state index contributed by atoms with van der Waals surface area (Å²) in [6.45, 7) is 0.915. The second-order valence-corrected chi connectivity index (χ2v) is 5.13. The van der Waals surface area contributed by atoms with E-state index in [1.165, 1.54) is 25.7 Å². The summed E-state index contributed by atoms with van der Waals surface area (Å²) < 4.78 is 0. The van der Waals surface area contributed by atoms with Gasteiger partial charge in [-0.05, 0) is 44.2 Å². The van der Waals surface area contributed by atoms with Crippen LogP contribution in [0.2, 0.25) is 0 Å². The summed E-state index contributed by atoms with van der Waals surface area (Å²) in [5.74, 6) is 0. The molecule has 1 saturated carbocycles. The van der Waals surface area contributed by atoms with E-state index in [0.717, 1.165) is 18.7 Å². The molecule has 1 spiro atoms. The van der Waals surface area contributed by atoms with Gasteiger partial charge in [0.1, 0.15) is 0 Å². The fourth-order valence-electron chi connectivity index (χ4n) is 2.79. The molecule has 2 aliphatic rings. The molecule has 0 unspecified atom stereocenters. The molecule has 17 heavy (non-hydrogen) atoms. The van der Waals surface area contributed by atoms with Gasteiger partial charge in [0.2, 0.25) is 0 Å². The van der Waals surface area contributed by atoms with Crippen LogP contribution in [0.4, 0.5) is 10.5 Å². The highest BCUT2D eigenvalue weighted by molar-refractivity contribution is 5.90. The van der Waals surface area contributed by atoms with Crippen molar-refractivity contribution >= 4 is 11.7 Å². The summed E-state index contributed by atoms with van der Waals surface area (Å²) in [6, 6.07) is 9.78. The van der Waals surface area contributed by atoms with E-state index in [4.69, 9.17) is 0 Å². The van der Waals surface area contributed by atoms with E-state index >= 15 is 0 Å². The molecule has 90 valence electrons. The number of carbonyl (C=O) groups excluding carboxylic acids is 1. The average Bonchev–Trinajstić information content (AvgIpc) is 3.11. The first-order valence-electron chi connectivity index (χ1n) is 6.44. The van der Waals surface area contributed by atoms with Crippen LogP contribution < -0.4 is 5.32 Å². The number of urea groups is 1. The molecule has 2 fully saturated rings. The van der Waals surface area contributed by atoms with Crippen molar-refractivity contribution in [2.75, 3.05) is 11.9 Å². The quantitative estimate of drug-likeness (QED) is 0.789. The number of hydrogen-bond donors (Lipinski definition) is 1. The average molecular weight is 230 g/mol. The predicted molar refractivity (Wildman–Crippen MR) is 68.0 cm³/mol. The lowest BCUT2D eigenvalue weighted by atomic mass is 10.0. The van der Waals surface area contributed by atoms with Gasteiger partial charge in [0.15, 0.2) is 0 Å². The minimum Gasteiger partial charge on any atom is -0.319 e. The standard InChI is InChI=1S/C14H18N2O/c17-13(15-12-6-2-1-3-7-12)16-11-5-4-8-14(16)9-10-14/h1-3,6-7H,4-5,8-11H2,(H,15,17). The summed E-state index contributed by atoms with van der Waals surface area (Å²) in [5, 5.41) is 2.99. The number of benzene rings is 1. The lowest BCUT2D eigenvalue weighted by Crippen LogP contribution is -2.47. The summed E-state index contributed by atoms with van der Waals surface area (Å²) in [7, 11) is 0. The maximum atomic E-state index is 12.2. The van der Waals surface area contributed by atoms with Crippen molar-refractivity contribution in [2.24, 2.45) is 0 Å². The molecule has 1 heterocycles. The molecular formula is C14H18N2O. The predicted octanol–water partition coefficient (Wildman–Crippen LogP) is 3.24. The molecule has 0 atom stereocenters. The number of anilines is 1. The zero-order chi connectivity index (χ0) is 11.7. The minimum atomic E-state index is 0.0772. The third-order valence-electron chi connectivity index (χ3n) is 3.94. The molecule has 1 aliphatic carbocycles. The first-order chi connectivity index (χ1) is 8.30. The number of nitrogens with zero attached hydrogens (tertiary/aromatic N) is 1. The van der Waals surface area contributed by atoms with Crippen LogP contribution in [0, 0.1) is 0 Å². The number of piperidine rings is 1. The number of nitrogens with one attached hydrogen (secondary N) is 1. The zero-order valence-corrected chi connectivity index (χ0v) is 9.98. The molecule has 1 N–H and O–H groups in total. The van der Waals surface area contributed by atoms with E-state index < -0.39 is 0 Å². The summed E-state index contributed by atoms with van der Waals surface area (Å²) in [4.78, 5) is 14.3. The van der Waals surface area contributed by atoms with Crippen LogP contribution in [0.3, 0.4) is 0 Å². The molecule has 1 saturated heterocycles. The van der Waals surface area contributed by atoms with Crippen molar-refractivity contribution in [3.8, 4) is 0 Å². The van der Waals surface area contributed by atoms with Gasteiger partial charge in [-0.3, -0.25) is 0 Å². The Morgan fingerprint density at radius 1 is 1.12 bits per heavy atom. The van der Waals surface area contributed by atoms with Crippen LogP contribution in [0.25, 0.3) is 0 Å². The molecule has 2 amide bonds. The summed E-state index contributed by atoms with van der Waals surface area (Å²) in [5.41, 5.74) is 1.11. The van der Waals surface area contributed by atoms with Crippen molar-refractivity contribution in [1.29, 1.82) is 0 Å². The summed E-state index contributed by atoms with van der Waals surface area (Å²) >= 11 is 0. The summed E-state index contributed by atoms with van der Waals surface area (Å²) in [6.07, 6.45) is 5.98. The van der Waals surface area contributed by atoms with E-state index in [9.17, 15) is 4.79 Å². The lowest BCUT2D eigenvalue weighted by Gasteiger charge is -2.36. The van der Waals surface area contributed by atoms with E-state index in [2.05, 4.69) is 10.2 Å². The number of rotatable bonds is 1. The van der Waals surface area contributed by atoms with E-state index in [0.29, 0.717) is 0 Å². The van der Waals surface area contributed by atoms with Crippen LogP contribution in [-0.4, -0.2) is 23.0 Å². The number of likely N-dealkylation sites (tertiary alicyclic amines) is 1. The highest BCUT2D eigenvalue weighted by Gasteiger charge is 2.50. The molecule has 1 aromatic carbocycles. The first-order valence-corrected chi connectivity index (χ1v) is 6.44. The zero-order valence-electron chi connectivity index (χ0n) is 9.98. The largest absolute Gasteiger partial charge is 0.322 e. The molecule has 0 bridgehead atoms. The third kappa shape index (κ3) is 2.02. The monoisotopic (exact) mass is 230 g/mol. The Labute approximate surface area is 102 Å². The maximum Gasteiger partial charge on any atom is 0.322 e. The third-order valence-corrected chi connectivity index (χ3v) is 3.94. The molecule has 3 nitrogen and oxygen atoms in total. The van der Waals surface area contributed by atoms with Gasteiger partial charge < -0.3 is 10.2 Å². The number of para-hydroxylation sites is 1. The maximum absolute atomic E-state index is 12.2. The Bertz CT molecular complexity index is 411. The van der Waals surface area contributed by atoms with Crippen molar-refractivity contribution in [3.05, 3.63) is 30.3 Å². The number of carbonyl (C=O) groups is 1. The van der Waals surface area contributed by atoms with Crippen molar-refractivity contribution in [3.63, 3.8) is 0 Å². The number of amides is 2. The van der Waals surface area contributed by atoms with Crippen LogP contribution in [0.5, 0.6) is 0 Å². The molecule has 1 aromatic rings. The van der Waals surface area contributed by atoms with Gasteiger partial charge in [0.25, 0.3) is 0 Å². The topological polar surface area (TPSA) is 32.3 Å². The van der Waals surface area contributed by atoms with Gasteiger partial charge in [-0.2, -0.15) is 0 Å². The van der Waals surface area contributed by atoms with Gasteiger partial charge in [-0.1, -0.05) is 18.2 Å². The van der Waals surface area contributed by atoms with Crippen LogP contribution in [0.1, 0.15) is 32.1 Å². The van der Waals surface area contributed by atoms with Gasteiger partial charge in [-0.15, -0.1) is 0 Å². The van der Waals surface area contributed by atoms with E-state index in [1.807, 2.05) is 30.3 Å². The Hall–Kier alpha value is -1.51. The van der Waals surface area contributed by atoms with Crippen LogP contribution >= 0.6 is 0 Å². The van der Waals surface area contributed by atoms with Crippen molar-refractivity contribution < 1.29 is 4.79 Å². The molecule has 3 heteroatoms. The lowest BCUT2D eigenvalue weighted by molar-refractivity contribution is 0.151. The Balaban J connectivity index is 1.70. The Morgan fingerprint density at radius 2 is 1.88 bits per heavy atom.